The molecule has 0 N–H and O–H groups in total. The predicted octanol–water partition coefficient (Wildman–Crippen LogP) is 0.402. The lowest BCUT2D eigenvalue weighted by Crippen LogP contribution is -2.00. The molecule has 0 amide bonds. The van der Waals surface area contributed by atoms with Crippen molar-refractivity contribution >= 4 is 16.8 Å². The van der Waals surface area contributed by atoms with E-state index in [1.165, 1.54) is 0 Å². The van der Waals surface area contributed by atoms with Gasteiger partial charge in [-0.1, -0.05) is 5.92 Å². The molecular weight excluding hydrogens is 128 g/mol. The molecule has 2 nitrogen and oxygen atoms in total. The van der Waals surface area contributed by atoms with E-state index < -0.39 is 5.24 Å². The molecule has 0 aromatic heterocycles. The molecule has 0 aromatic carbocycles. The molecular formula is C5H5ClO2. The fourth-order valence-corrected chi connectivity index (χ4v) is 0.267. The summed E-state index contributed by atoms with van der Waals surface area (Å²) in [6.45, 7) is 0.0320. The summed E-state index contributed by atoms with van der Waals surface area (Å²) in [5.74, 6) is 2.19. The number of terminal acetylenes is 1. The van der Waals surface area contributed by atoms with Crippen LogP contribution in [0.5, 0.6) is 0 Å². The molecule has 0 aromatic rings. The normalized spacial score (nSPS) is 8.00. The summed E-state index contributed by atoms with van der Waals surface area (Å²) in [7, 11) is 0. The van der Waals surface area contributed by atoms with E-state index >= 15 is 0 Å². The standard InChI is InChI=1S/C5H5ClO2/c1-2-3-8-4-5(6)7/h1H,3-4H2. The number of hydrogen-bond donors (Lipinski definition) is 0. The molecule has 0 spiro atoms. The van der Waals surface area contributed by atoms with Crippen molar-refractivity contribution in [2.75, 3.05) is 13.2 Å². The quantitative estimate of drug-likeness (QED) is 0.316. The molecule has 0 saturated carbocycles. The first-order valence-electron chi connectivity index (χ1n) is 1.97. The minimum atomic E-state index is -0.528. The first-order valence-corrected chi connectivity index (χ1v) is 2.34. The Balaban J connectivity index is 2.97. The van der Waals surface area contributed by atoms with E-state index in [1.807, 2.05) is 0 Å². The van der Waals surface area contributed by atoms with Crippen molar-refractivity contribution < 1.29 is 9.53 Å². The van der Waals surface area contributed by atoms with Crippen LogP contribution in [0, 0.1) is 12.3 Å². The van der Waals surface area contributed by atoms with Crippen LogP contribution in [0.2, 0.25) is 0 Å². The van der Waals surface area contributed by atoms with Crippen molar-refractivity contribution in [3.63, 3.8) is 0 Å². The van der Waals surface area contributed by atoms with E-state index in [0.29, 0.717) is 0 Å². The SMILES string of the molecule is C#CCOCC(=O)Cl. The van der Waals surface area contributed by atoms with Gasteiger partial charge in [-0.3, -0.25) is 4.79 Å². The van der Waals surface area contributed by atoms with Gasteiger partial charge in [0.25, 0.3) is 0 Å². The Morgan fingerprint density at radius 2 is 2.50 bits per heavy atom. The number of rotatable bonds is 3. The van der Waals surface area contributed by atoms with Gasteiger partial charge in [0.2, 0.25) is 5.24 Å². The molecule has 0 saturated heterocycles. The van der Waals surface area contributed by atoms with Gasteiger partial charge in [-0.25, -0.2) is 0 Å². The Morgan fingerprint density at radius 3 is 2.88 bits per heavy atom. The predicted molar refractivity (Wildman–Crippen MR) is 30.5 cm³/mol. The summed E-state index contributed by atoms with van der Waals surface area (Å²) < 4.78 is 4.53. The number of halogens is 1. The maximum Gasteiger partial charge on any atom is 0.247 e. The van der Waals surface area contributed by atoms with Crippen molar-refractivity contribution in [1.29, 1.82) is 0 Å². The van der Waals surface area contributed by atoms with E-state index in [4.69, 9.17) is 18.0 Å². The van der Waals surface area contributed by atoms with Gasteiger partial charge in [0.1, 0.15) is 13.2 Å². The highest BCUT2D eigenvalue weighted by Crippen LogP contribution is 1.79. The van der Waals surface area contributed by atoms with Crippen LogP contribution in [0.3, 0.4) is 0 Å². The number of ether oxygens (including phenoxy) is 1. The van der Waals surface area contributed by atoms with Crippen molar-refractivity contribution in [3.05, 3.63) is 0 Å². The van der Waals surface area contributed by atoms with Crippen LogP contribution in [-0.4, -0.2) is 18.5 Å². The number of carbonyl (C=O) groups excluding carboxylic acids is 1. The minimum absolute atomic E-state index is 0.105. The molecule has 8 heavy (non-hydrogen) atoms. The Bertz CT molecular complexity index is 114. The van der Waals surface area contributed by atoms with Crippen LogP contribution in [0.15, 0.2) is 0 Å². The molecule has 44 valence electrons. The van der Waals surface area contributed by atoms with Crippen LogP contribution >= 0.6 is 11.6 Å². The second-order valence-corrected chi connectivity index (χ2v) is 1.47. The summed E-state index contributed by atoms with van der Waals surface area (Å²) in [5, 5.41) is -0.528. The average Bonchev–Trinajstić information content (AvgIpc) is 1.66. The van der Waals surface area contributed by atoms with Crippen molar-refractivity contribution in [3.8, 4) is 12.3 Å². The molecule has 0 aliphatic carbocycles. The van der Waals surface area contributed by atoms with E-state index in [0.717, 1.165) is 0 Å². The zero-order valence-corrected chi connectivity index (χ0v) is 4.94. The molecule has 0 aliphatic heterocycles. The zero-order valence-electron chi connectivity index (χ0n) is 4.19. The molecule has 0 atom stereocenters. The molecule has 0 radical (unpaired) electrons. The van der Waals surface area contributed by atoms with Gasteiger partial charge < -0.3 is 4.74 Å². The third kappa shape index (κ3) is 5.48. The van der Waals surface area contributed by atoms with Crippen LogP contribution < -0.4 is 0 Å². The van der Waals surface area contributed by atoms with Gasteiger partial charge in [-0.05, 0) is 11.6 Å². The zero-order chi connectivity index (χ0) is 6.41. The van der Waals surface area contributed by atoms with E-state index in [1.54, 1.807) is 0 Å². The summed E-state index contributed by atoms with van der Waals surface area (Å²) >= 11 is 4.88. The molecule has 0 unspecified atom stereocenters. The monoisotopic (exact) mass is 132 g/mol. The van der Waals surface area contributed by atoms with Crippen LogP contribution in [-0.2, 0) is 9.53 Å². The van der Waals surface area contributed by atoms with Gasteiger partial charge in [0.05, 0.1) is 0 Å². The molecule has 0 heterocycles. The Kier molecular flexibility index (Phi) is 4.33. The summed E-state index contributed by atoms with van der Waals surface area (Å²) in [6, 6.07) is 0. The second-order valence-electron chi connectivity index (χ2n) is 1.05. The van der Waals surface area contributed by atoms with Gasteiger partial charge in [0.15, 0.2) is 0 Å². The average molecular weight is 133 g/mol. The van der Waals surface area contributed by atoms with Crippen molar-refractivity contribution in [2.24, 2.45) is 0 Å². The van der Waals surface area contributed by atoms with E-state index in [-0.39, 0.29) is 13.2 Å². The topological polar surface area (TPSA) is 26.3 Å². The molecule has 0 aliphatic rings. The fraction of sp³-hybridized carbons (Fsp3) is 0.400. The lowest BCUT2D eigenvalue weighted by Gasteiger charge is -1.89. The van der Waals surface area contributed by atoms with E-state index in [9.17, 15) is 4.79 Å². The highest BCUT2D eigenvalue weighted by molar-refractivity contribution is 6.63. The van der Waals surface area contributed by atoms with Crippen LogP contribution in [0.25, 0.3) is 0 Å². The largest absolute Gasteiger partial charge is 0.360 e. The first kappa shape index (κ1) is 7.48. The lowest BCUT2D eigenvalue weighted by atomic mass is 10.7. The smallest absolute Gasteiger partial charge is 0.247 e. The Labute approximate surface area is 52.8 Å². The fourth-order valence-electron chi connectivity index (χ4n) is 0.190. The molecule has 0 bridgehead atoms. The molecule has 0 rings (SSSR count). The van der Waals surface area contributed by atoms with Gasteiger partial charge >= 0.3 is 0 Å². The maximum atomic E-state index is 9.89. The third-order valence-electron chi connectivity index (χ3n) is 0.401. The van der Waals surface area contributed by atoms with Crippen molar-refractivity contribution in [1.82, 2.24) is 0 Å². The summed E-state index contributed by atoms with van der Waals surface area (Å²) in [4.78, 5) is 9.89. The number of carbonyl (C=O) groups is 1. The summed E-state index contributed by atoms with van der Waals surface area (Å²) in [6.07, 6.45) is 4.79. The second kappa shape index (κ2) is 4.63. The Hall–Kier alpha value is -0.520. The highest BCUT2D eigenvalue weighted by atomic mass is 35.5. The molecule has 3 heteroatoms. The lowest BCUT2D eigenvalue weighted by molar-refractivity contribution is -0.115. The first-order chi connectivity index (χ1) is 3.77. The Morgan fingerprint density at radius 1 is 1.88 bits per heavy atom. The van der Waals surface area contributed by atoms with Gasteiger partial charge in [-0.2, -0.15) is 0 Å². The third-order valence-corrected chi connectivity index (χ3v) is 0.510. The van der Waals surface area contributed by atoms with E-state index in [2.05, 4.69) is 10.7 Å². The number of hydrogen-bond acceptors (Lipinski definition) is 2. The highest BCUT2D eigenvalue weighted by Gasteiger charge is 1.91. The minimum Gasteiger partial charge on any atom is -0.360 e. The van der Waals surface area contributed by atoms with Gasteiger partial charge in [0, 0.05) is 0 Å². The van der Waals surface area contributed by atoms with Crippen LogP contribution in [0.1, 0.15) is 0 Å². The van der Waals surface area contributed by atoms with Gasteiger partial charge in [-0.15, -0.1) is 6.42 Å². The molecule has 0 fully saturated rings. The van der Waals surface area contributed by atoms with Crippen molar-refractivity contribution in [2.45, 2.75) is 0 Å². The summed E-state index contributed by atoms with van der Waals surface area (Å²) in [5.41, 5.74) is 0. The van der Waals surface area contributed by atoms with Crippen LogP contribution in [0.4, 0.5) is 0 Å². The maximum absolute atomic E-state index is 9.89.